The zero-order valence-electron chi connectivity index (χ0n) is 17.6. The average molecular weight is 436 g/mol. The predicted octanol–water partition coefficient (Wildman–Crippen LogP) is 3.73. The molecule has 0 bridgehead atoms. The minimum Gasteiger partial charge on any atom is -0.468 e. The van der Waals surface area contributed by atoms with Crippen LogP contribution in [-0.4, -0.2) is 34.9 Å². The van der Waals surface area contributed by atoms with Crippen molar-refractivity contribution in [3.8, 4) is 0 Å². The summed E-state index contributed by atoms with van der Waals surface area (Å²) in [6, 6.07) is 15.5. The van der Waals surface area contributed by atoms with Gasteiger partial charge in [-0.1, -0.05) is 42.5 Å². The number of fused-ring (bicyclic) bond motifs is 1. The molecule has 160 valence electrons. The van der Waals surface area contributed by atoms with Crippen molar-refractivity contribution < 1.29 is 14.3 Å². The van der Waals surface area contributed by atoms with Crippen molar-refractivity contribution in [2.75, 3.05) is 12.4 Å². The number of carbonyl (C=O) groups excluding carboxylic acids is 2. The fraction of sp³-hybridized carbons (Fsp3) is 0.292. The fourth-order valence-electron chi connectivity index (χ4n) is 3.87. The maximum Gasteiger partial charge on any atom is 0.323 e. The van der Waals surface area contributed by atoms with Crippen molar-refractivity contribution in [1.82, 2.24) is 9.88 Å². The van der Waals surface area contributed by atoms with E-state index in [2.05, 4.69) is 27.3 Å². The molecule has 0 fully saturated rings. The number of ether oxygens (including phenoxy) is 1. The lowest BCUT2D eigenvalue weighted by atomic mass is 9.94. The quantitative estimate of drug-likeness (QED) is 0.598. The Balaban J connectivity index is 1.43. The molecule has 7 heteroatoms. The summed E-state index contributed by atoms with van der Waals surface area (Å²) in [5.41, 5.74) is 5.10. The van der Waals surface area contributed by atoms with Crippen LogP contribution in [0.25, 0.3) is 0 Å². The highest BCUT2D eigenvalue weighted by Crippen LogP contribution is 2.26. The summed E-state index contributed by atoms with van der Waals surface area (Å²) in [6.07, 6.45) is 0.848. The van der Waals surface area contributed by atoms with Gasteiger partial charge in [0.25, 0.3) is 0 Å². The third-order valence-electron chi connectivity index (χ3n) is 5.51. The predicted molar refractivity (Wildman–Crippen MR) is 121 cm³/mol. The van der Waals surface area contributed by atoms with Crippen molar-refractivity contribution >= 4 is 28.9 Å². The third-order valence-corrected chi connectivity index (χ3v) is 6.41. The van der Waals surface area contributed by atoms with Gasteiger partial charge in [0.05, 0.1) is 19.2 Å². The number of methoxy groups -OCH3 is 1. The van der Waals surface area contributed by atoms with Crippen LogP contribution in [0, 0.1) is 6.92 Å². The maximum atomic E-state index is 12.4. The molecule has 1 N–H and O–H groups in total. The largest absolute Gasteiger partial charge is 0.468 e. The normalized spacial score (nSPS) is 15.9. The number of aryl methyl sites for hydroxylation is 1. The van der Waals surface area contributed by atoms with Crippen molar-refractivity contribution in [1.29, 1.82) is 0 Å². The number of carbonyl (C=O) groups is 2. The van der Waals surface area contributed by atoms with Crippen LogP contribution < -0.4 is 5.32 Å². The van der Waals surface area contributed by atoms with Crippen LogP contribution in [0.4, 0.5) is 5.69 Å². The molecule has 0 spiro atoms. The van der Waals surface area contributed by atoms with Gasteiger partial charge in [-0.2, -0.15) is 0 Å². The number of anilines is 1. The van der Waals surface area contributed by atoms with Crippen molar-refractivity contribution in [2.45, 2.75) is 38.9 Å². The summed E-state index contributed by atoms with van der Waals surface area (Å²) in [6.45, 7) is 3.16. The van der Waals surface area contributed by atoms with Gasteiger partial charge in [0, 0.05) is 24.2 Å². The molecule has 4 rings (SSSR count). The van der Waals surface area contributed by atoms with Gasteiger partial charge in [-0.3, -0.25) is 14.5 Å². The van der Waals surface area contributed by atoms with Crippen LogP contribution in [0.1, 0.15) is 27.4 Å². The summed E-state index contributed by atoms with van der Waals surface area (Å²) >= 11 is 1.47. The van der Waals surface area contributed by atoms with E-state index in [1.54, 1.807) is 0 Å². The van der Waals surface area contributed by atoms with E-state index in [9.17, 15) is 9.59 Å². The van der Waals surface area contributed by atoms with Crippen LogP contribution >= 0.6 is 11.3 Å². The van der Waals surface area contributed by atoms with Crippen molar-refractivity contribution in [3.63, 3.8) is 0 Å². The van der Waals surface area contributed by atoms with E-state index in [1.807, 2.05) is 48.7 Å². The molecule has 1 amide bonds. The molecule has 1 aliphatic heterocycles. The molecule has 1 aliphatic rings. The molecular weight excluding hydrogens is 410 g/mol. The fourth-order valence-corrected chi connectivity index (χ4v) is 4.65. The van der Waals surface area contributed by atoms with Crippen LogP contribution in [0.15, 0.2) is 53.9 Å². The van der Waals surface area contributed by atoms with Crippen LogP contribution in [0.2, 0.25) is 0 Å². The molecule has 0 saturated carbocycles. The first-order valence-corrected chi connectivity index (χ1v) is 11.1. The van der Waals surface area contributed by atoms with Crippen LogP contribution in [-0.2, 0) is 40.3 Å². The molecule has 1 atom stereocenters. The van der Waals surface area contributed by atoms with E-state index in [1.165, 1.54) is 29.6 Å². The number of esters is 1. The standard InChI is InChI=1S/C24H25N3O3S/c1-16-7-3-6-10-20(16)26-22(28)12-23-25-19(15-31-23)14-27-13-18-9-5-4-8-17(18)11-21(27)24(29)30-2/h3-10,15,21H,11-14H2,1-2H3,(H,26,28). The molecule has 1 unspecified atom stereocenters. The molecule has 6 nitrogen and oxygen atoms in total. The molecular formula is C24H25N3O3S. The first-order valence-electron chi connectivity index (χ1n) is 10.2. The third kappa shape index (κ3) is 5.00. The molecule has 0 aliphatic carbocycles. The second kappa shape index (κ2) is 9.41. The highest BCUT2D eigenvalue weighted by Gasteiger charge is 2.32. The summed E-state index contributed by atoms with van der Waals surface area (Å²) in [7, 11) is 1.43. The Kier molecular flexibility index (Phi) is 6.44. The Bertz CT molecular complexity index is 1090. The highest BCUT2D eigenvalue weighted by molar-refractivity contribution is 7.09. The Labute approximate surface area is 185 Å². The highest BCUT2D eigenvalue weighted by atomic mass is 32.1. The summed E-state index contributed by atoms with van der Waals surface area (Å²) in [4.78, 5) is 31.6. The molecule has 3 aromatic rings. The number of thiazole rings is 1. The van der Waals surface area contributed by atoms with Crippen LogP contribution in [0.3, 0.4) is 0 Å². The van der Waals surface area contributed by atoms with Gasteiger partial charge in [0.15, 0.2) is 0 Å². The zero-order valence-corrected chi connectivity index (χ0v) is 18.4. The van der Waals surface area contributed by atoms with E-state index in [0.29, 0.717) is 19.5 Å². The number of nitrogens with zero attached hydrogens (tertiary/aromatic N) is 2. The second-order valence-electron chi connectivity index (χ2n) is 7.69. The molecule has 0 saturated heterocycles. The minimum atomic E-state index is -0.339. The van der Waals surface area contributed by atoms with Crippen LogP contribution in [0.5, 0.6) is 0 Å². The Hall–Kier alpha value is -3.03. The van der Waals surface area contributed by atoms with E-state index in [0.717, 1.165) is 22.0 Å². The Morgan fingerprint density at radius 3 is 2.68 bits per heavy atom. The van der Waals surface area contributed by atoms with Gasteiger partial charge in [-0.05, 0) is 36.1 Å². The number of benzene rings is 2. The summed E-state index contributed by atoms with van der Waals surface area (Å²) < 4.78 is 5.05. The van der Waals surface area contributed by atoms with Gasteiger partial charge in [0.2, 0.25) is 5.91 Å². The van der Waals surface area contributed by atoms with E-state index in [-0.39, 0.29) is 24.3 Å². The number of aromatic nitrogens is 1. The number of hydrogen-bond acceptors (Lipinski definition) is 6. The SMILES string of the molecule is COC(=O)C1Cc2ccccc2CN1Cc1csc(CC(=O)Nc2ccccc2C)n1. The second-order valence-corrected chi connectivity index (χ2v) is 8.63. The molecule has 2 aromatic carbocycles. The molecule has 1 aromatic heterocycles. The Morgan fingerprint density at radius 1 is 1.16 bits per heavy atom. The number of para-hydroxylation sites is 1. The molecule has 31 heavy (non-hydrogen) atoms. The van der Waals surface area contributed by atoms with Gasteiger partial charge in [-0.25, -0.2) is 4.98 Å². The van der Waals surface area contributed by atoms with E-state index in [4.69, 9.17) is 4.74 Å². The zero-order chi connectivity index (χ0) is 21.8. The number of nitrogens with one attached hydrogen (secondary N) is 1. The first kappa shape index (κ1) is 21.2. The van der Waals surface area contributed by atoms with Crippen molar-refractivity contribution in [3.05, 3.63) is 81.3 Å². The van der Waals surface area contributed by atoms with E-state index < -0.39 is 0 Å². The van der Waals surface area contributed by atoms with Gasteiger partial charge in [-0.15, -0.1) is 11.3 Å². The summed E-state index contributed by atoms with van der Waals surface area (Å²) in [5, 5.41) is 5.67. The monoisotopic (exact) mass is 435 g/mol. The topological polar surface area (TPSA) is 71.5 Å². The lowest BCUT2D eigenvalue weighted by Crippen LogP contribution is -2.45. The maximum absolute atomic E-state index is 12.4. The molecule has 0 radical (unpaired) electrons. The van der Waals surface area contributed by atoms with Gasteiger partial charge in [0.1, 0.15) is 11.0 Å². The van der Waals surface area contributed by atoms with Gasteiger partial charge >= 0.3 is 5.97 Å². The Morgan fingerprint density at radius 2 is 1.90 bits per heavy atom. The van der Waals surface area contributed by atoms with Gasteiger partial charge < -0.3 is 10.1 Å². The first-order chi connectivity index (χ1) is 15.0. The molecule has 2 heterocycles. The van der Waals surface area contributed by atoms with Crippen molar-refractivity contribution in [2.24, 2.45) is 0 Å². The van der Waals surface area contributed by atoms with E-state index >= 15 is 0 Å². The number of hydrogen-bond donors (Lipinski definition) is 1. The average Bonchev–Trinajstić information content (AvgIpc) is 3.20. The number of rotatable bonds is 6. The minimum absolute atomic E-state index is 0.0884. The lowest BCUT2D eigenvalue weighted by Gasteiger charge is -2.34. The smallest absolute Gasteiger partial charge is 0.323 e. The lowest BCUT2D eigenvalue weighted by molar-refractivity contribution is -0.148. The number of amides is 1. The summed E-state index contributed by atoms with van der Waals surface area (Å²) in [5.74, 6) is -0.322.